The van der Waals surface area contributed by atoms with Crippen molar-refractivity contribution in [3.05, 3.63) is 89.3 Å². The van der Waals surface area contributed by atoms with Gasteiger partial charge in [-0.2, -0.15) is 26.3 Å². The van der Waals surface area contributed by atoms with E-state index in [9.17, 15) is 36.2 Å². The molecule has 1 aliphatic carbocycles. The van der Waals surface area contributed by atoms with E-state index in [1.54, 1.807) is 0 Å². The Kier molecular flexibility index (Phi) is 9.30. The van der Waals surface area contributed by atoms with E-state index in [4.69, 9.17) is 0 Å². The van der Waals surface area contributed by atoms with E-state index < -0.39 is 28.7 Å². The Morgan fingerprint density at radius 1 is 0.886 bits per heavy atom. The molecule has 1 radical (unpaired) electrons. The number of aromatic nitrogens is 1. The number of benzene rings is 3. The van der Waals surface area contributed by atoms with Crippen molar-refractivity contribution in [2.75, 3.05) is 0 Å². The zero-order valence-corrected chi connectivity index (χ0v) is 27.6. The molecule has 3 nitrogen and oxygen atoms in total. The van der Waals surface area contributed by atoms with Crippen LogP contribution in [-0.4, -0.2) is 22.1 Å². The molecule has 1 atom stereocenters. The van der Waals surface area contributed by atoms with Gasteiger partial charge in [0, 0.05) is 43.2 Å². The Labute approximate surface area is 265 Å². The van der Waals surface area contributed by atoms with E-state index in [0.29, 0.717) is 16.5 Å². The largest absolute Gasteiger partial charge is 0.512 e. The minimum Gasteiger partial charge on any atom is -0.512 e. The number of hydrogen-bond acceptors (Lipinski definition) is 3. The van der Waals surface area contributed by atoms with Gasteiger partial charge in [0.1, 0.15) is 5.76 Å². The smallest absolute Gasteiger partial charge is 0.416 e. The van der Waals surface area contributed by atoms with Gasteiger partial charge in [0.2, 0.25) is 0 Å². The van der Waals surface area contributed by atoms with Crippen LogP contribution in [0, 0.1) is 16.9 Å². The van der Waals surface area contributed by atoms with Crippen molar-refractivity contribution in [3.63, 3.8) is 0 Å². The van der Waals surface area contributed by atoms with Crippen LogP contribution in [0.4, 0.5) is 26.3 Å². The van der Waals surface area contributed by atoms with Crippen molar-refractivity contribution in [2.24, 2.45) is 10.8 Å². The van der Waals surface area contributed by atoms with E-state index in [0.717, 1.165) is 19.1 Å². The summed E-state index contributed by atoms with van der Waals surface area (Å²) in [6, 6.07) is 13.1. The molecule has 1 aliphatic rings. The average molecular weight is 793 g/mol. The third-order valence-corrected chi connectivity index (χ3v) is 7.70. The maximum Gasteiger partial charge on any atom is 0.416 e. The molecule has 1 heterocycles. The van der Waals surface area contributed by atoms with Crippen molar-refractivity contribution in [3.8, 4) is 11.3 Å². The molecular formula is C34H32F6IrNO2-. The number of ketones is 1. The van der Waals surface area contributed by atoms with Crippen molar-refractivity contribution >= 4 is 27.3 Å². The molecule has 5 rings (SSSR count). The Morgan fingerprint density at radius 3 is 2.07 bits per heavy atom. The second-order valence-electron chi connectivity index (χ2n) is 12.9. The van der Waals surface area contributed by atoms with Gasteiger partial charge in [-0.15, -0.1) is 35.4 Å². The van der Waals surface area contributed by atoms with Crippen molar-refractivity contribution < 1.29 is 56.3 Å². The Bertz CT molecular complexity index is 1760. The summed E-state index contributed by atoms with van der Waals surface area (Å²) in [4.78, 5) is 15.8. The van der Waals surface area contributed by atoms with Crippen LogP contribution in [0.3, 0.4) is 0 Å². The number of aliphatic hydroxyl groups excluding tert-OH is 1. The van der Waals surface area contributed by atoms with Crippen LogP contribution in [0.5, 0.6) is 0 Å². The molecule has 1 aromatic heterocycles. The summed E-state index contributed by atoms with van der Waals surface area (Å²) < 4.78 is 83.2. The number of carbonyl (C=O) groups is 1. The Balaban J connectivity index is 0.000000324. The maximum atomic E-state index is 14.5. The molecule has 0 fully saturated rings. The van der Waals surface area contributed by atoms with Crippen LogP contribution in [0.15, 0.2) is 66.6 Å². The minimum atomic E-state index is -4.64. The van der Waals surface area contributed by atoms with Crippen LogP contribution in [-0.2, 0) is 36.5 Å². The second-order valence-corrected chi connectivity index (χ2v) is 12.9. The molecule has 44 heavy (non-hydrogen) atoms. The number of rotatable bonds is 1. The molecule has 0 amide bonds. The molecule has 3 aromatic carbocycles. The van der Waals surface area contributed by atoms with E-state index >= 15 is 0 Å². The van der Waals surface area contributed by atoms with Crippen LogP contribution in [0.25, 0.3) is 32.8 Å². The minimum absolute atomic E-state index is 0. The topological polar surface area (TPSA) is 50.2 Å². The van der Waals surface area contributed by atoms with Gasteiger partial charge in [0.25, 0.3) is 0 Å². The summed E-state index contributed by atoms with van der Waals surface area (Å²) in [5, 5.41) is 10.6. The fourth-order valence-electron chi connectivity index (χ4n) is 4.92. The summed E-state index contributed by atoms with van der Waals surface area (Å²) in [6.45, 7) is 12.2. The molecule has 1 N–H and O–H groups in total. The number of pyridine rings is 1. The predicted octanol–water partition coefficient (Wildman–Crippen LogP) is 10.1. The quantitative estimate of drug-likeness (QED) is 0.0687. The average Bonchev–Trinajstić information content (AvgIpc) is 2.89. The Hall–Kier alpha value is -3.23. The number of hydrogen-bond donors (Lipinski definition) is 1. The van der Waals surface area contributed by atoms with Crippen molar-refractivity contribution in [2.45, 2.75) is 66.2 Å². The summed E-state index contributed by atoms with van der Waals surface area (Å²) in [5.41, 5.74) is -3.47. The summed E-state index contributed by atoms with van der Waals surface area (Å²) in [5.74, 6) is 0.104. The maximum absolute atomic E-state index is 14.5. The number of allylic oxidation sites excluding steroid dienone is 2. The standard InChI is InChI=1S/C23H12F6N.C11H20O2.Ir/c1-21(23(27,28)29)17-5-3-2-4-15(17)20-19-14(8-9-30-20)16-11-13(22(24,25)26)7-6-12(16)10-18(19)21;1-10(2,3)8(12)7-9(13)11(4,5)6;/h2-3,5-11H,1H3;7,12H,1-6H3;/q-1;;/b;8-7-;. The number of nitrogens with zero attached hydrogens (tertiary/aromatic N) is 1. The van der Waals surface area contributed by atoms with Gasteiger partial charge in [0.05, 0.1) is 11.0 Å². The third-order valence-electron chi connectivity index (χ3n) is 7.70. The molecule has 237 valence electrons. The molecule has 0 spiro atoms. The summed E-state index contributed by atoms with van der Waals surface area (Å²) in [7, 11) is 0. The zero-order valence-electron chi connectivity index (χ0n) is 25.2. The molecular weight excluding hydrogens is 761 g/mol. The van der Waals surface area contributed by atoms with Crippen LogP contribution < -0.4 is 0 Å². The zero-order chi connectivity index (χ0) is 32.3. The van der Waals surface area contributed by atoms with Gasteiger partial charge in [-0.25, -0.2) is 0 Å². The number of carbonyl (C=O) groups excluding carboxylic acids is 1. The number of aliphatic hydroxyl groups is 1. The van der Waals surface area contributed by atoms with E-state index in [2.05, 4.69) is 11.1 Å². The van der Waals surface area contributed by atoms with Gasteiger partial charge >= 0.3 is 12.4 Å². The number of alkyl halides is 6. The van der Waals surface area contributed by atoms with Crippen molar-refractivity contribution in [1.29, 1.82) is 0 Å². The first-order valence-corrected chi connectivity index (χ1v) is 13.6. The van der Waals surface area contributed by atoms with Crippen molar-refractivity contribution in [1.82, 2.24) is 4.98 Å². The summed E-state index contributed by atoms with van der Waals surface area (Å²) >= 11 is 0. The number of fused-ring (bicyclic) bond motifs is 4. The first-order valence-electron chi connectivity index (χ1n) is 13.6. The number of halogens is 6. The van der Waals surface area contributed by atoms with E-state index in [-0.39, 0.29) is 64.5 Å². The van der Waals surface area contributed by atoms with Crippen LogP contribution >= 0.6 is 0 Å². The van der Waals surface area contributed by atoms with Gasteiger partial charge in [0.15, 0.2) is 5.78 Å². The molecule has 0 aliphatic heterocycles. The van der Waals surface area contributed by atoms with Gasteiger partial charge in [-0.3, -0.25) is 4.79 Å². The van der Waals surface area contributed by atoms with Crippen LogP contribution in [0.1, 0.15) is 65.2 Å². The molecule has 0 bridgehead atoms. The van der Waals surface area contributed by atoms with E-state index in [1.165, 1.54) is 48.7 Å². The normalized spacial score (nSPS) is 17.0. The molecule has 0 saturated carbocycles. The van der Waals surface area contributed by atoms with Gasteiger partial charge in [-0.1, -0.05) is 60.6 Å². The first-order chi connectivity index (χ1) is 19.6. The summed E-state index contributed by atoms with van der Waals surface area (Å²) in [6.07, 6.45) is -6.47. The first kappa shape index (κ1) is 35.3. The Morgan fingerprint density at radius 2 is 1.52 bits per heavy atom. The van der Waals surface area contributed by atoms with Crippen LogP contribution in [0.2, 0.25) is 0 Å². The predicted molar refractivity (Wildman–Crippen MR) is 156 cm³/mol. The molecule has 4 aromatic rings. The molecule has 1 unspecified atom stereocenters. The fraction of sp³-hybridized carbons (Fsp3) is 0.353. The third kappa shape index (κ3) is 6.29. The second kappa shape index (κ2) is 11.6. The monoisotopic (exact) mass is 793 g/mol. The molecule has 10 heteroatoms. The van der Waals surface area contributed by atoms with E-state index in [1.807, 2.05) is 41.5 Å². The molecule has 0 saturated heterocycles. The fourth-order valence-corrected chi connectivity index (χ4v) is 4.92. The van der Waals surface area contributed by atoms with Gasteiger partial charge in [-0.05, 0) is 51.0 Å². The SMILES string of the molecule is CC(C)(C)C(=O)/C=C(\O)C(C)(C)C.CC1(C(F)(F)F)c2ccc[c-]c2-c2nccc3c2c1cc1ccc(C(F)(F)F)cc13.[Ir]. The van der Waals surface area contributed by atoms with Gasteiger partial charge < -0.3 is 10.1 Å².